The minimum Gasteiger partial charge on any atom is -0.358 e. The van der Waals surface area contributed by atoms with Crippen LogP contribution < -0.4 is 5.32 Å². The van der Waals surface area contributed by atoms with Crippen LogP contribution in [0.15, 0.2) is 57.7 Å². The molecule has 1 aliphatic rings. The second-order valence-corrected chi connectivity index (χ2v) is 12.5. The smallest absolute Gasteiger partial charge is 0.358 e. The Kier molecular flexibility index (Phi) is 9.25. The van der Waals surface area contributed by atoms with Crippen molar-refractivity contribution in [3.63, 3.8) is 0 Å². The Morgan fingerprint density at radius 1 is 1.10 bits per heavy atom. The normalized spacial score (nSPS) is 16.0. The number of aryl methyl sites for hydroxylation is 1. The zero-order valence-electron chi connectivity index (χ0n) is 23.0. The Labute approximate surface area is 244 Å². The van der Waals surface area contributed by atoms with E-state index in [1.807, 2.05) is 37.3 Å². The van der Waals surface area contributed by atoms with E-state index in [0.29, 0.717) is 37.6 Å². The number of carbonyl (C=O) groups is 2. The van der Waals surface area contributed by atoms with Crippen LogP contribution in [-0.4, -0.2) is 67.0 Å². The number of aliphatic imine (C=N–C) groups is 1. The quantitative estimate of drug-likeness (QED) is 0.113. The van der Waals surface area contributed by atoms with Gasteiger partial charge in [-0.05, 0) is 85.3 Å². The highest BCUT2D eigenvalue weighted by Crippen LogP contribution is 2.39. The van der Waals surface area contributed by atoms with Crippen LogP contribution in [0.5, 0.6) is 0 Å². The van der Waals surface area contributed by atoms with Gasteiger partial charge in [-0.15, -0.1) is 11.3 Å². The third kappa shape index (κ3) is 6.99. The fourth-order valence-electron chi connectivity index (χ4n) is 4.55. The molecule has 6 nitrogen and oxygen atoms in total. The van der Waals surface area contributed by atoms with Crippen molar-refractivity contribution in [2.24, 2.45) is 4.99 Å². The summed E-state index contributed by atoms with van der Waals surface area (Å²) >= 11 is 3.19. The van der Waals surface area contributed by atoms with Crippen molar-refractivity contribution in [3.8, 4) is 10.4 Å². The molecule has 1 fully saturated rings. The van der Waals surface area contributed by atoms with Gasteiger partial charge in [0, 0.05) is 50.2 Å². The molecule has 0 spiro atoms. The van der Waals surface area contributed by atoms with Crippen LogP contribution in [0.4, 0.5) is 17.6 Å². The zero-order valence-corrected chi connectivity index (χ0v) is 24.6. The Morgan fingerprint density at radius 3 is 2.39 bits per heavy atom. The summed E-state index contributed by atoms with van der Waals surface area (Å²) in [6.45, 7) is 3.10. The largest absolute Gasteiger partial charge is 0.419 e. The first-order chi connectivity index (χ1) is 19.4. The minimum atomic E-state index is -4.85. The molecule has 0 bridgehead atoms. The molecule has 4 rings (SSSR count). The van der Waals surface area contributed by atoms with Gasteiger partial charge in [0.15, 0.2) is 0 Å². The van der Waals surface area contributed by atoms with Crippen LogP contribution in [0.25, 0.3) is 10.4 Å². The van der Waals surface area contributed by atoms with E-state index < -0.39 is 23.1 Å². The lowest BCUT2D eigenvalue weighted by Gasteiger charge is -2.38. The topological polar surface area (TPSA) is 65.0 Å². The molecule has 0 unspecified atom stereocenters. The maximum Gasteiger partial charge on any atom is 0.419 e. The van der Waals surface area contributed by atoms with E-state index in [-0.39, 0.29) is 17.3 Å². The molecule has 2 aromatic carbocycles. The van der Waals surface area contributed by atoms with Gasteiger partial charge in [-0.2, -0.15) is 13.2 Å². The molecule has 0 radical (unpaired) electrons. The van der Waals surface area contributed by atoms with Gasteiger partial charge >= 0.3 is 6.18 Å². The van der Waals surface area contributed by atoms with Crippen LogP contribution in [0.2, 0.25) is 0 Å². The van der Waals surface area contributed by atoms with Crippen molar-refractivity contribution in [3.05, 3.63) is 76.6 Å². The fraction of sp³-hybridized carbons (Fsp3) is 0.345. The highest BCUT2D eigenvalue weighted by molar-refractivity contribution is 7.99. The summed E-state index contributed by atoms with van der Waals surface area (Å²) in [5, 5.41) is 3.05. The van der Waals surface area contributed by atoms with E-state index in [2.05, 4.69) is 14.6 Å². The predicted molar refractivity (Wildman–Crippen MR) is 155 cm³/mol. The van der Waals surface area contributed by atoms with Gasteiger partial charge in [0.05, 0.1) is 15.3 Å². The second kappa shape index (κ2) is 12.3. The molecule has 1 saturated heterocycles. The number of nitrogens with zero attached hydrogens (tertiary/aromatic N) is 3. The third-order valence-electron chi connectivity index (χ3n) is 6.93. The van der Waals surface area contributed by atoms with Crippen LogP contribution >= 0.6 is 23.3 Å². The van der Waals surface area contributed by atoms with Gasteiger partial charge in [0.2, 0.25) is 0 Å². The number of hydrogen-bond acceptors (Lipinski definition) is 6. The van der Waals surface area contributed by atoms with Crippen molar-refractivity contribution >= 4 is 41.3 Å². The molecule has 1 aliphatic heterocycles. The Morgan fingerprint density at radius 2 is 1.78 bits per heavy atom. The van der Waals surface area contributed by atoms with E-state index in [9.17, 15) is 27.2 Å². The number of hydrogen-bond donors (Lipinski definition) is 1. The average molecular weight is 607 g/mol. The lowest BCUT2D eigenvalue weighted by Crippen LogP contribution is -2.55. The summed E-state index contributed by atoms with van der Waals surface area (Å²) in [7, 11) is 4.85. The van der Waals surface area contributed by atoms with E-state index in [1.54, 1.807) is 42.3 Å². The van der Waals surface area contributed by atoms with Crippen molar-refractivity contribution in [1.82, 2.24) is 14.5 Å². The Balaban J connectivity index is 1.43. The summed E-state index contributed by atoms with van der Waals surface area (Å²) in [6, 6.07) is 12.4. The number of amides is 1. The van der Waals surface area contributed by atoms with Crippen LogP contribution in [0, 0.1) is 12.7 Å². The van der Waals surface area contributed by atoms with Gasteiger partial charge in [-0.1, -0.05) is 6.07 Å². The SMILES string of the molecule is CN=C(NC1(C=O)CCN(Sc2ccc(-c3cc(C(=O)N(C)C)ccc3C)s2)CC1)c1ccc(F)c(C(F)(F)F)c1. The molecule has 2 heterocycles. The molecule has 3 aromatic rings. The third-order valence-corrected chi connectivity index (χ3v) is 9.26. The van der Waals surface area contributed by atoms with E-state index in [1.165, 1.54) is 13.1 Å². The number of rotatable bonds is 7. The molecule has 0 aliphatic carbocycles. The van der Waals surface area contributed by atoms with E-state index >= 15 is 0 Å². The molecule has 1 aromatic heterocycles. The molecule has 41 heavy (non-hydrogen) atoms. The lowest BCUT2D eigenvalue weighted by atomic mass is 9.89. The summed E-state index contributed by atoms with van der Waals surface area (Å²) in [6.07, 6.45) is -3.26. The van der Waals surface area contributed by atoms with Gasteiger partial charge < -0.3 is 15.0 Å². The number of benzene rings is 2. The Hall–Kier alpha value is -3.22. The summed E-state index contributed by atoms with van der Waals surface area (Å²) < 4.78 is 56.7. The van der Waals surface area contributed by atoms with Gasteiger partial charge in [-0.3, -0.25) is 9.79 Å². The molecular weight excluding hydrogens is 576 g/mol. The molecule has 1 N–H and O–H groups in total. The van der Waals surface area contributed by atoms with Crippen molar-refractivity contribution in [1.29, 1.82) is 0 Å². The predicted octanol–water partition coefficient (Wildman–Crippen LogP) is 6.29. The standard InChI is InChI=1S/C29H30F4N4O2S2/c1-18-5-6-20(27(39)36(3)4)15-21(18)24-9-10-25(40-24)41-37-13-11-28(17-38,12-14-37)35-26(34-2)19-7-8-23(30)22(16-19)29(31,32)33/h5-10,15-17H,11-14H2,1-4H3,(H,34,35). The molecule has 0 atom stereocenters. The summed E-state index contributed by atoms with van der Waals surface area (Å²) in [5.74, 6) is -1.33. The zero-order chi connectivity index (χ0) is 29.9. The molecular formula is C29H30F4N4O2S2. The first kappa shape index (κ1) is 30.7. The molecule has 1 amide bonds. The van der Waals surface area contributed by atoms with Crippen molar-refractivity contribution in [2.45, 2.75) is 35.7 Å². The van der Waals surface area contributed by atoms with Crippen LogP contribution in [0.1, 0.15) is 39.9 Å². The number of halogens is 4. The maximum absolute atomic E-state index is 13.8. The minimum absolute atomic E-state index is 0.0528. The first-order valence-corrected chi connectivity index (χ1v) is 14.4. The molecule has 0 saturated carbocycles. The summed E-state index contributed by atoms with van der Waals surface area (Å²) in [5.41, 5.74) is 0.337. The van der Waals surface area contributed by atoms with Crippen molar-refractivity contribution in [2.75, 3.05) is 34.2 Å². The first-order valence-electron chi connectivity index (χ1n) is 12.8. The van der Waals surface area contributed by atoms with Crippen molar-refractivity contribution < 1.29 is 27.2 Å². The number of carbonyl (C=O) groups excluding carboxylic acids is 2. The number of piperidine rings is 1. The van der Waals surface area contributed by atoms with Crippen LogP contribution in [0.3, 0.4) is 0 Å². The maximum atomic E-state index is 13.8. The lowest BCUT2D eigenvalue weighted by molar-refractivity contribution is -0.140. The van der Waals surface area contributed by atoms with Gasteiger partial charge in [-0.25, -0.2) is 8.70 Å². The number of thiophene rings is 1. The van der Waals surface area contributed by atoms with Gasteiger partial charge in [0.25, 0.3) is 5.91 Å². The fourth-order valence-corrected chi connectivity index (χ4v) is 6.85. The highest BCUT2D eigenvalue weighted by atomic mass is 32.2. The molecule has 218 valence electrons. The van der Waals surface area contributed by atoms with E-state index in [4.69, 9.17) is 0 Å². The number of alkyl halides is 3. The number of aldehydes is 1. The average Bonchev–Trinajstić information content (AvgIpc) is 3.40. The summed E-state index contributed by atoms with van der Waals surface area (Å²) in [4.78, 5) is 31.3. The number of nitrogens with one attached hydrogen (secondary N) is 1. The second-order valence-electron chi connectivity index (χ2n) is 10.0. The Bertz CT molecular complexity index is 1460. The monoisotopic (exact) mass is 606 g/mol. The van der Waals surface area contributed by atoms with Crippen LogP contribution in [-0.2, 0) is 11.0 Å². The van der Waals surface area contributed by atoms with Gasteiger partial charge in [0.1, 0.15) is 17.9 Å². The highest BCUT2D eigenvalue weighted by Gasteiger charge is 2.37. The molecule has 12 heteroatoms. The number of amidine groups is 1. The van der Waals surface area contributed by atoms with E-state index in [0.717, 1.165) is 32.6 Å².